The predicted molar refractivity (Wildman–Crippen MR) is 84.7 cm³/mol. The van der Waals surface area contributed by atoms with E-state index in [1.165, 1.54) is 0 Å². The zero-order valence-corrected chi connectivity index (χ0v) is 11.4. The molecule has 0 aliphatic heterocycles. The van der Waals surface area contributed by atoms with Crippen molar-refractivity contribution in [1.82, 2.24) is 15.0 Å². The summed E-state index contributed by atoms with van der Waals surface area (Å²) in [6.07, 6.45) is 1.80. The third-order valence-electron chi connectivity index (χ3n) is 3.72. The van der Waals surface area contributed by atoms with Crippen LogP contribution in [0.4, 0.5) is 0 Å². The van der Waals surface area contributed by atoms with Gasteiger partial charge >= 0.3 is 0 Å². The van der Waals surface area contributed by atoms with E-state index in [0.29, 0.717) is 6.54 Å². The summed E-state index contributed by atoms with van der Waals surface area (Å²) in [5.41, 5.74) is 10.8. The molecule has 0 amide bonds. The Labute approximate surface area is 121 Å². The van der Waals surface area contributed by atoms with Gasteiger partial charge in [-0.2, -0.15) is 0 Å². The molecule has 2 aromatic heterocycles. The Kier molecular flexibility index (Phi) is 2.69. The van der Waals surface area contributed by atoms with E-state index in [2.05, 4.69) is 22.1 Å². The predicted octanol–water partition coefficient (Wildman–Crippen LogP) is 3.24. The second-order valence-electron chi connectivity index (χ2n) is 4.98. The molecule has 0 spiro atoms. The number of benzene rings is 2. The molecule has 4 heteroatoms. The highest BCUT2D eigenvalue weighted by Gasteiger charge is 2.10. The lowest BCUT2D eigenvalue weighted by molar-refractivity contribution is 1.08. The molecule has 0 saturated carbocycles. The Balaban J connectivity index is 2.01. The minimum atomic E-state index is 0.485. The van der Waals surface area contributed by atoms with Crippen LogP contribution in [0.3, 0.4) is 0 Å². The number of H-pyrrole nitrogens is 1. The first kappa shape index (κ1) is 12.1. The number of fused-ring (bicyclic) bond motifs is 2. The molecule has 4 nitrogen and oxygen atoms in total. The number of pyridine rings is 1. The minimum Gasteiger partial charge on any atom is -0.338 e. The van der Waals surface area contributed by atoms with E-state index < -0.39 is 0 Å². The molecule has 102 valence electrons. The van der Waals surface area contributed by atoms with E-state index in [1.54, 1.807) is 6.20 Å². The maximum atomic E-state index is 5.79. The molecule has 4 aromatic rings. The molecule has 0 fully saturated rings. The SMILES string of the molecule is NCc1cccc2[nH]c(-c3cccc4ncccc34)nc12. The van der Waals surface area contributed by atoms with Crippen LogP contribution in [0.25, 0.3) is 33.3 Å². The first-order valence-corrected chi connectivity index (χ1v) is 6.88. The van der Waals surface area contributed by atoms with E-state index in [4.69, 9.17) is 10.7 Å². The van der Waals surface area contributed by atoms with Gasteiger partial charge in [-0.1, -0.05) is 30.3 Å². The van der Waals surface area contributed by atoms with Crippen molar-refractivity contribution in [2.75, 3.05) is 0 Å². The quantitative estimate of drug-likeness (QED) is 0.589. The van der Waals surface area contributed by atoms with Gasteiger partial charge in [0.05, 0.1) is 16.6 Å². The number of aromatic amines is 1. The van der Waals surface area contributed by atoms with Crippen LogP contribution in [0, 0.1) is 0 Å². The zero-order valence-electron chi connectivity index (χ0n) is 11.4. The molecule has 0 aliphatic rings. The number of nitrogens with one attached hydrogen (secondary N) is 1. The first-order chi connectivity index (χ1) is 10.4. The molecule has 4 rings (SSSR count). The number of hydrogen-bond donors (Lipinski definition) is 2. The van der Waals surface area contributed by atoms with Gasteiger partial charge in [0, 0.05) is 23.7 Å². The third-order valence-corrected chi connectivity index (χ3v) is 3.72. The molecule has 0 radical (unpaired) electrons. The molecule has 2 heterocycles. The van der Waals surface area contributed by atoms with Gasteiger partial charge in [-0.3, -0.25) is 4.98 Å². The number of para-hydroxylation sites is 1. The van der Waals surface area contributed by atoms with Crippen molar-refractivity contribution in [2.45, 2.75) is 6.54 Å². The second kappa shape index (κ2) is 4.68. The molecular weight excluding hydrogens is 260 g/mol. The van der Waals surface area contributed by atoms with Crippen molar-refractivity contribution >= 4 is 21.9 Å². The van der Waals surface area contributed by atoms with Crippen molar-refractivity contribution in [3.05, 3.63) is 60.3 Å². The maximum Gasteiger partial charge on any atom is 0.139 e. The normalized spacial score (nSPS) is 11.3. The van der Waals surface area contributed by atoms with Gasteiger partial charge in [0.25, 0.3) is 0 Å². The standard InChI is InChI=1S/C17H14N4/c18-10-11-4-1-8-15-16(11)21-17(20-15)13-5-2-7-14-12(13)6-3-9-19-14/h1-9H,10,18H2,(H,20,21). The van der Waals surface area contributed by atoms with Gasteiger partial charge in [0.15, 0.2) is 0 Å². The smallest absolute Gasteiger partial charge is 0.139 e. The summed E-state index contributed by atoms with van der Waals surface area (Å²) < 4.78 is 0. The van der Waals surface area contributed by atoms with Crippen molar-refractivity contribution in [3.63, 3.8) is 0 Å². The number of imidazole rings is 1. The average Bonchev–Trinajstić information content (AvgIpc) is 2.98. The molecular formula is C17H14N4. The van der Waals surface area contributed by atoms with Gasteiger partial charge in [-0.25, -0.2) is 4.98 Å². The Morgan fingerprint density at radius 2 is 1.90 bits per heavy atom. The topological polar surface area (TPSA) is 67.6 Å². The summed E-state index contributed by atoms with van der Waals surface area (Å²) in [6, 6.07) is 16.1. The monoisotopic (exact) mass is 274 g/mol. The molecule has 0 aliphatic carbocycles. The Morgan fingerprint density at radius 1 is 1.00 bits per heavy atom. The summed E-state index contributed by atoms with van der Waals surface area (Å²) >= 11 is 0. The Morgan fingerprint density at radius 3 is 2.81 bits per heavy atom. The van der Waals surface area contributed by atoms with Crippen molar-refractivity contribution in [3.8, 4) is 11.4 Å². The molecule has 21 heavy (non-hydrogen) atoms. The van der Waals surface area contributed by atoms with Gasteiger partial charge < -0.3 is 10.7 Å². The highest BCUT2D eigenvalue weighted by molar-refractivity contribution is 5.94. The van der Waals surface area contributed by atoms with Gasteiger partial charge in [0.2, 0.25) is 0 Å². The molecule has 0 unspecified atom stereocenters. The Hall–Kier alpha value is -2.72. The summed E-state index contributed by atoms with van der Waals surface area (Å²) in [5.74, 6) is 0.851. The third kappa shape index (κ3) is 1.88. The molecule has 0 atom stereocenters. The summed E-state index contributed by atoms with van der Waals surface area (Å²) in [6.45, 7) is 0.485. The van der Waals surface area contributed by atoms with Crippen molar-refractivity contribution in [1.29, 1.82) is 0 Å². The highest BCUT2D eigenvalue weighted by Crippen LogP contribution is 2.28. The zero-order chi connectivity index (χ0) is 14.2. The molecule has 3 N–H and O–H groups in total. The van der Waals surface area contributed by atoms with Gasteiger partial charge in [-0.05, 0) is 23.8 Å². The van der Waals surface area contributed by atoms with Gasteiger partial charge in [-0.15, -0.1) is 0 Å². The number of nitrogens with two attached hydrogens (primary N) is 1. The van der Waals surface area contributed by atoms with Crippen molar-refractivity contribution < 1.29 is 0 Å². The van der Waals surface area contributed by atoms with Crippen LogP contribution in [0.2, 0.25) is 0 Å². The fraction of sp³-hybridized carbons (Fsp3) is 0.0588. The number of nitrogens with zero attached hydrogens (tertiary/aromatic N) is 2. The van der Waals surface area contributed by atoms with E-state index in [9.17, 15) is 0 Å². The van der Waals surface area contributed by atoms with Crippen molar-refractivity contribution in [2.24, 2.45) is 5.73 Å². The highest BCUT2D eigenvalue weighted by atomic mass is 14.9. The van der Waals surface area contributed by atoms with Crippen LogP contribution >= 0.6 is 0 Å². The summed E-state index contributed by atoms with van der Waals surface area (Å²) in [4.78, 5) is 12.5. The maximum absolute atomic E-state index is 5.79. The second-order valence-corrected chi connectivity index (χ2v) is 4.98. The van der Waals surface area contributed by atoms with Crippen LogP contribution in [0.1, 0.15) is 5.56 Å². The van der Waals surface area contributed by atoms with Crippen LogP contribution in [-0.2, 0) is 6.54 Å². The number of aromatic nitrogens is 3. The van der Waals surface area contributed by atoms with Crippen LogP contribution in [0.15, 0.2) is 54.7 Å². The Bertz CT molecular complexity index is 934. The molecule has 2 aromatic carbocycles. The van der Waals surface area contributed by atoms with Crippen LogP contribution in [0.5, 0.6) is 0 Å². The van der Waals surface area contributed by atoms with E-state index in [1.807, 2.05) is 36.4 Å². The molecule has 0 saturated heterocycles. The minimum absolute atomic E-state index is 0.485. The average molecular weight is 274 g/mol. The van der Waals surface area contributed by atoms with Gasteiger partial charge in [0.1, 0.15) is 5.82 Å². The van der Waals surface area contributed by atoms with E-state index >= 15 is 0 Å². The number of hydrogen-bond acceptors (Lipinski definition) is 3. The molecule has 0 bridgehead atoms. The fourth-order valence-corrected chi connectivity index (χ4v) is 2.69. The lowest BCUT2D eigenvalue weighted by Gasteiger charge is -2.02. The summed E-state index contributed by atoms with van der Waals surface area (Å²) in [7, 11) is 0. The number of rotatable bonds is 2. The lowest BCUT2D eigenvalue weighted by atomic mass is 10.1. The summed E-state index contributed by atoms with van der Waals surface area (Å²) in [5, 5.41) is 1.09. The van der Waals surface area contributed by atoms with E-state index in [-0.39, 0.29) is 0 Å². The lowest BCUT2D eigenvalue weighted by Crippen LogP contribution is -1.96. The van der Waals surface area contributed by atoms with E-state index in [0.717, 1.165) is 38.9 Å². The largest absolute Gasteiger partial charge is 0.338 e. The first-order valence-electron chi connectivity index (χ1n) is 6.88. The van der Waals surface area contributed by atoms with Crippen LogP contribution < -0.4 is 5.73 Å². The van der Waals surface area contributed by atoms with Crippen LogP contribution in [-0.4, -0.2) is 15.0 Å². The fourth-order valence-electron chi connectivity index (χ4n) is 2.69.